The Kier molecular flexibility index (Phi) is 7.87. The summed E-state index contributed by atoms with van der Waals surface area (Å²) in [6.45, 7) is 2.45. The minimum absolute atomic E-state index is 0.0383. The summed E-state index contributed by atoms with van der Waals surface area (Å²) in [5.41, 5.74) is 1.95. The van der Waals surface area contributed by atoms with Gasteiger partial charge in [0.1, 0.15) is 5.82 Å². The second-order valence-corrected chi connectivity index (χ2v) is 7.84. The van der Waals surface area contributed by atoms with Crippen LogP contribution in [0.15, 0.2) is 59.8 Å². The summed E-state index contributed by atoms with van der Waals surface area (Å²) < 4.78 is 1.90. The molecule has 7 nitrogen and oxygen atoms in total. The van der Waals surface area contributed by atoms with Crippen molar-refractivity contribution in [1.82, 2.24) is 25.4 Å². The standard InChI is InChI=1S/C21H22ClN5O2S/c1-2-12-23-20(29)24-19(28)14-30-21-26-25-18(13-15-6-4-3-5-7-15)27(21)17-10-8-16(22)9-11-17/h3-11H,2,12-14H2,1H3,(H2,23,24,28,29). The van der Waals surface area contributed by atoms with Gasteiger partial charge < -0.3 is 5.32 Å². The number of hydrogen-bond acceptors (Lipinski definition) is 5. The highest BCUT2D eigenvalue weighted by atomic mass is 35.5. The molecule has 2 aromatic carbocycles. The predicted octanol–water partition coefficient (Wildman–Crippen LogP) is 3.84. The number of carbonyl (C=O) groups excluding carboxylic acids is 2. The van der Waals surface area contributed by atoms with Gasteiger partial charge in [-0.2, -0.15) is 0 Å². The molecule has 0 atom stereocenters. The third kappa shape index (κ3) is 6.08. The summed E-state index contributed by atoms with van der Waals surface area (Å²) in [4.78, 5) is 23.8. The highest BCUT2D eigenvalue weighted by Gasteiger charge is 2.17. The normalized spacial score (nSPS) is 10.6. The molecule has 0 spiro atoms. The molecule has 0 aliphatic carbocycles. The van der Waals surface area contributed by atoms with E-state index in [1.807, 2.05) is 54.0 Å². The third-order valence-electron chi connectivity index (χ3n) is 4.11. The van der Waals surface area contributed by atoms with Crippen LogP contribution in [-0.2, 0) is 11.2 Å². The molecular formula is C21H22ClN5O2S. The molecule has 0 bridgehead atoms. The van der Waals surface area contributed by atoms with E-state index >= 15 is 0 Å². The molecule has 30 heavy (non-hydrogen) atoms. The Morgan fingerprint density at radius 1 is 1.07 bits per heavy atom. The van der Waals surface area contributed by atoms with Gasteiger partial charge in [0, 0.05) is 23.7 Å². The minimum atomic E-state index is -0.494. The molecule has 0 radical (unpaired) electrons. The lowest BCUT2D eigenvalue weighted by molar-refractivity contribution is -0.117. The van der Waals surface area contributed by atoms with Gasteiger partial charge in [-0.05, 0) is 36.2 Å². The zero-order chi connectivity index (χ0) is 21.3. The summed E-state index contributed by atoms with van der Waals surface area (Å²) in [6.07, 6.45) is 1.38. The van der Waals surface area contributed by atoms with Crippen molar-refractivity contribution in [2.75, 3.05) is 12.3 Å². The molecule has 156 valence electrons. The number of carbonyl (C=O) groups is 2. The Labute approximate surface area is 184 Å². The summed E-state index contributed by atoms with van der Waals surface area (Å²) in [7, 11) is 0. The van der Waals surface area contributed by atoms with E-state index in [4.69, 9.17) is 11.6 Å². The first-order chi connectivity index (χ1) is 14.6. The van der Waals surface area contributed by atoms with E-state index in [0.29, 0.717) is 23.1 Å². The number of urea groups is 1. The summed E-state index contributed by atoms with van der Waals surface area (Å²) >= 11 is 7.25. The predicted molar refractivity (Wildman–Crippen MR) is 118 cm³/mol. The number of nitrogens with zero attached hydrogens (tertiary/aromatic N) is 3. The van der Waals surface area contributed by atoms with E-state index in [9.17, 15) is 9.59 Å². The molecule has 0 fully saturated rings. The Hall–Kier alpha value is -2.84. The fourth-order valence-corrected chi connectivity index (χ4v) is 3.61. The first-order valence-corrected chi connectivity index (χ1v) is 10.9. The van der Waals surface area contributed by atoms with Crippen LogP contribution in [-0.4, -0.2) is 39.0 Å². The molecule has 0 saturated carbocycles. The highest BCUT2D eigenvalue weighted by molar-refractivity contribution is 7.99. The molecule has 0 aliphatic heterocycles. The fourth-order valence-electron chi connectivity index (χ4n) is 2.71. The van der Waals surface area contributed by atoms with Gasteiger partial charge in [0.05, 0.1) is 5.75 Å². The zero-order valence-corrected chi connectivity index (χ0v) is 18.0. The molecule has 2 N–H and O–H groups in total. The molecule has 0 aliphatic rings. The fraction of sp³-hybridized carbons (Fsp3) is 0.238. The maximum absolute atomic E-state index is 12.1. The smallest absolute Gasteiger partial charge is 0.321 e. The number of benzene rings is 2. The van der Waals surface area contributed by atoms with Crippen molar-refractivity contribution in [3.8, 4) is 5.69 Å². The summed E-state index contributed by atoms with van der Waals surface area (Å²) in [5.74, 6) is 0.382. The maximum Gasteiger partial charge on any atom is 0.321 e. The highest BCUT2D eigenvalue weighted by Crippen LogP contribution is 2.24. The van der Waals surface area contributed by atoms with E-state index in [0.717, 1.165) is 23.5 Å². The lowest BCUT2D eigenvalue weighted by Crippen LogP contribution is -2.40. The summed E-state index contributed by atoms with van der Waals surface area (Å²) in [6, 6.07) is 16.8. The molecule has 3 amide bonds. The molecule has 9 heteroatoms. The van der Waals surface area contributed by atoms with Crippen LogP contribution in [0.25, 0.3) is 5.69 Å². The Balaban J connectivity index is 1.77. The third-order valence-corrected chi connectivity index (χ3v) is 5.29. The van der Waals surface area contributed by atoms with E-state index in [2.05, 4.69) is 20.8 Å². The Bertz CT molecular complexity index is 992. The van der Waals surface area contributed by atoms with Gasteiger partial charge in [-0.3, -0.25) is 14.7 Å². The van der Waals surface area contributed by atoms with Gasteiger partial charge >= 0.3 is 6.03 Å². The Morgan fingerprint density at radius 3 is 2.50 bits per heavy atom. The van der Waals surface area contributed by atoms with Crippen LogP contribution >= 0.6 is 23.4 Å². The van der Waals surface area contributed by atoms with Crippen LogP contribution in [0.3, 0.4) is 0 Å². The van der Waals surface area contributed by atoms with Crippen molar-refractivity contribution in [2.24, 2.45) is 0 Å². The van der Waals surface area contributed by atoms with Gasteiger partial charge in [-0.1, -0.05) is 60.6 Å². The maximum atomic E-state index is 12.1. The van der Waals surface area contributed by atoms with Crippen molar-refractivity contribution in [2.45, 2.75) is 24.9 Å². The van der Waals surface area contributed by atoms with Crippen LogP contribution < -0.4 is 10.6 Å². The molecular weight excluding hydrogens is 422 g/mol. The van der Waals surface area contributed by atoms with E-state index in [1.54, 1.807) is 12.1 Å². The second-order valence-electron chi connectivity index (χ2n) is 6.47. The number of halogens is 1. The minimum Gasteiger partial charge on any atom is -0.338 e. The number of rotatable bonds is 8. The second kappa shape index (κ2) is 10.8. The van der Waals surface area contributed by atoms with Crippen molar-refractivity contribution in [1.29, 1.82) is 0 Å². The van der Waals surface area contributed by atoms with Crippen LogP contribution in [0.2, 0.25) is 5.02 Å². The number of amides is 3. The quantitative estimate of drug-likeness (QED) is 0.516. The van der Waals surface area contributed by atoms with Crippen molar-refractivity contribution in [3.63, 3.8) is 0 Å². The van der Waals surface area contributed by atoms with E-state index in [-0.39, 0.29) is 5.75 Å². The van der Waals surface area contributed by atoms with Gasteiger partial charge in [-0.15, -0.1) is 10.2 Å². The van der Waals surface area contributed by atoms with E-state index in [1.165, 1.54) is 11.8 Å². The topological polar surface area (TPSA) is 88.9 Å². The van der Waals surface area contributed by atoms with Crippen LogP contribution in [0.4, 0.5) is 4.79 Å². The van der Waals surface area contributed by atoms with Crippen LogP contribution in [0.5, 0.6) is 0 Å². The van der Waals surface area contributed by atoms with Gasteiger partial charge in [0.25, 0.3) is 0 Å². The molecule has 0 unspecified atom stereocenters. The zero-order valence-electron chi connectivity index (χ0n) is 16.5. The lowest BCUT2D eigenvalue weighted by atomic mass is 10.1. The molecule has 3 aromatic rings. The number of thioether (sulfide) groups is 1. The lowest BCUT2D eigenvalue weighted by Gasteiger charge is -2.11. The average Bonchev–Trinajstić information content (AvgIpc) is 3.14. The molecule has 3 rings (SSSR count). The monoisotopic (exact) mass is 443 g/mol. The number of nitrogens with one attached hydrogen (secondary N) is 2. The first-order valence-electron chi connectivity index (χ1n) is 9.51. The van der Waals surface area contributed by atoms with Crippen LogP contribution in [0.1, 0.15) is 24.7 Å². The number of hydrogen-bond donors (Lipinski definition) is 2. The van der Waals surface area contributed by atoms with Gasteiger partial charge in [0.15, 0.2) is 5.16 Å². The number of imide groups is 1. The van der Waals surface area contributed by atoms with Gasteiger partial charge in [0.2, 0.25) is 5.91 Å². The Morgan fingerprint density at radius 2 is 1.80 bits per heavy atom. The molecule has 1 aromatic heterocycles. The van der Waals surface area contributed by atoms with Crippen molar-refractivity contribution >= 4 is 35.3 Å². The van der Waals surface area contributed by atoms with Gasteiger partial charge in [-0.25, -0.2) is 4.79 Å². The summed E-state index contributed by atoms with van der Waals surface area (Å²) in [5, 5.41) is 14.7. The molecule has 1 heterocycles. The molecule has 0 saturated heterocycles. The first kappa shape index (κ1) is 21.9. The van der Waals surface area contributed by atoms with Crippen LogP contribution in [0, 0.1) is 0 Å². The number of aromatic nitrogens is 3. The van der Waals surface area contributed by atoms with Crippen molar-refractivity contribution in [3.05, 3.63) is 71.0 Å². The van der Waals surface area contributed by atoms with Crippen molar-refractivity contribution < 1.29 is 9.59 Å². The SMILES string of the molecule is CCCNC(=O)NC(=O)CSc1nnc(Cc2ccccc2)n1-c1ccc(Cl)cc1. The van der Waals surface area contributed by atoms with E-state index < -0.39 is 11.9 Å². The largest absolute Gasteiger partial charge is 0.338 e. The average molecular weight is 444 g/mol.